The maximum atomic E-state index is 13.0. The smallest absolute Gasteiger partial charge is 0.271 e. The Morgan fingerprint density at radius 1 is 1.53 bits per heavy atom. The van der Waals surface area contributed by atoms with Crippen LogP contribution in [-0.2, 0) is 13.1 Å². The van der Waals surface area contributed by atoms with Crippen molar-refractivity contribution in [3.8, 4) is 0 Å². The van der Waals surface area contributed by atoms with Crippen molar-refractivity contribution in [2.24, 2.45) is 5.73 Å². The van der Waals surface area contributed by atoms with Crippen molar-refractivity contribution in [1.29, 1.82) is 0 Å². The van der Waals surface area contributed by atoms with Crippen LogP contribution in [0.25, 0.3) is 0 Å². The first-order valence-electron chi connectivity index (χ1n) is 5.46. The summed E-state index contributed by atoms with van der Waals surface area (Å²) in [5.74, 6) is -0.778. The molecule has 0 unspecified atom stereocenters. The Morgan fingerprint density at radius 2 is 2.32 bits per heavy atom. The number of carbonyl (C=O) groups excluding carboxylic acids is 1. The molecule has 0 aliphatic heterocycles. The van der Waals surface area contributed by atoms with Gasteiger partial charge in [0.15, 0.2) is 0 Å². The molecule has 0 aliphatic carbocycles. The normalized spacial score (nSPS) is 10.5. The predicted octanol–water partition coefficient (Wildman–Crippen LogP) is 2.32. The Balaban J connectivity index is 1.98. The molecule has 0 radical (unpaired) electrons. The zero-order chi connectivity index (χ0) is 13.8. The van der Waals surface area contributed by atoms with Gasteiger partial charge in [0.05, 0.1) is 5.02 Å². The molecule has 0 saturated carbocycles. The average Bonchev–Trinajstić information content (AvgIpc) is 2.88. The van der Waals surface area contributed by atoms with Crippen molar-refractivity contribution in [3.05, 3.63) is 50.7 Å². The summed E-state index contributed by atoms with van der Waals surface area (Å²) in [7, 11) is 0. The Morgan fingerprint density at radius 3 is 2.95 bits per heavy atom. The monoisotopic (exact) mass is 299 g/mol. The minimum absolute atomic E-state index is 0.0332. The second-order valence-electron chi connectivity index (χ2n) is 3.76. The molecule has 1 heterocycles. The van der Waals surface area contributed by atoms with E-state index in [0.717, 1.165) is 0 Å². The van der Waals surface area contributed by atoms with E-state index in [4.69, 9.17) is 17.3 Å². The average molecular weight is 300 g/mol. The van der Waals surface area contributed by atoms with E-state index in [9.17, 15) is 9.18 Å². The first-order chi connectivity index (χ1) is 9.10. The van der Waals surface area contributed by atoms with E-state index in [2.05, 4.69) is 10.3 Å². The van der Waals surface area contributed by atoms with Crippen LogP contribution in [-0.4, -0.2) is 10.9 Å². The van der Waals surface area contributed by atoms with E-state index in [1.807, 2.05) is 0 Å². The predicted molar refractivity (Wildman–Crippen MR) is 72.6 cm³/mol. The standard InChI is InChI=1S/C12H11ClFN3OS/c13-8-3-7(1-2-9(8)14)5-16-12(18)10-6-19-11(4-15)17-10/h1-3,6H,4-5,15H2,(H,16,18). The quantitative estimate of drug-likeness (QED) is 0.910. The van der Waals surface area contributed by atoms with Crippen LogP contribution < -0.4 is 11.1 Å². The summed E-state index contributed by atoms with van der Waals surface area (Å²) in [6.07, 6.45) is 0. The number of carbonyl (C=O) groups is 1. The number of hydrogen-bond donors (Lipinski definition) is 2. The first-order valence-corrected chi connectivity index (χ1v) is 6.72. The van der Waals surface area contributed by atoms with Gasteiger partial charge in [-0.15, -0.1) is 11.3 Å². The molecule has 0 spiro atoms. The number of rotatable bonds is 4. The van der Waals surface area contributed by atoms with E-state index in [0.29, 0.717) is 22.8 Å². The van der Waals surface area contributed by atoms with Gasteiger partial charge >= 0.3 is 0 Å². The van der Waals surface area contributed by atoms with Gasteiger partial charge < -0.3 is 11.1 Å². The number of amides is 1. The number of hydrogen-bond acceptors (Lipinski definition) is 4. The molecule has 2 aromatic rings. The second-order valence-corrected chi connectivity index (χ2v) is 5.11. The topological polar surface area (TPSA) is 68.0 Å². The number of halogens is 2. The molecule has 0 saturated heterocycles. The van der Waals surface area contributed by atoms with Gasteiger partial charge in [0.25, 0.3) is 5.91 Å². The molecule has 0 fully saturated rings. The summed E-state index contributed by atoms with van der Waals surface area (Å²) >= 11 is 6.99. The molecule has 3 N–H and O–H groups in total. The molecule has 1 amide bonds. The van der Waals surface area contributed by atoms with Crippen LogP contribution in [0.4, 0.5) is 4.39 Å². The van der Waals surface area contributed by atoms with Crippen LogP contribution in [0.15, 0.2) is 23.6 Å². The molecule has 0 aliphatic rings. The van der Waals surface area contributed by atoms with Crippen molar-refractivity contribution in [3.63, 3.8) is 0 Å². The molecule has 0 bridgehead atoms. The molecule has 0 atom stereocenters. The number of thiazole rings is 1. The lowest BCUT2D eigenvalue weighted by Crippen LogP contribution is -2.23. The highest BCUT2D eigenvalue weighted by Crippen LogP contribution is 2.16. The third-order valence-corrected chi connectivity index (χ3v) is 3.56. The zero-order valence-corrected chi connectivity index (χ0v) is 11.4. The van der Waals surface area contributed by atoms with Crippen LogP contribution >= 0.6 is 22.9 Å². The minimum atomic E-state index is -0.483. The maximum absolute atomic E-state index is 13.0. The summed E-state index contributed by atoms with van der Waals surface area (Å²) in [6, 6.07) is 4.30. The van der Waals surface area contributed by atoms with E-state index in [1.54, 1.807) is 11.4 Å². The van der Waals surface area contributed by atoms with Crippen LogP contribution in [0.5, 0.6) is 0 Å². The molecule has 7 heteroatoms. The largest absolute Gasteiger partial charge is 0.347 e. The summed E-state index contributed by atoms with van der Waals surface area (Å²) in [5.41, 5.74) is 6.47. The molecule has 2 rings (SSSR count). The van der Waals surface area contributed by atoms with E-state index >= 15 is 0 Å². The second kappa shape index (κ2) is 6.10. The van der Waals surface area contributed by atoms with Gasteiger partial charge in [-0.1, -0.05) is 17.7 Å². The molecular weight excluding hydrogens is 289 g/mol. The summed E-state index contributed by atoms with van der Waals surface area (Å²) in [5, 5.41) is 5.07. The molecular formula is C12H11ClFN3OS. The maximum Gasteiger partial charge on any atom is 0.271 e. The van der Waals surface area contributed by atoms with Crippen LogP contribution in [0.1, 0.15) is 21.1 Å². The van der Waals surface area contributed by atoms with E-state index < -0.39 is 5.82 Å². The molecule has 19 heavy (non-hydrogen) atoms. The number of nitrogens with two attached hydrogens (primary N) is 1. The summed E-state index contributed by atoms with van der Waals surface area (Å²) in [4.78, 5) is 15.9. The van der Waals surface area contributed by atoms with E-state index in [1.165, 1.54) is 23.5 Å². The number of nitrogens with one attached hydrogen (secondary N) is 1. The fourth-order valence-corrected chi connectivity index (χ4v) is 2.29. The number of aromatic nitrogens is 1. The lowest BCUT2D eigenvalue weighted by molar-refractivity contribution is 0.0946. The van der Waals surface area contributed by atoms with Gasteiger partial charge in [0, 0.05) is 18.5 Å². The van der Waals surface area contributed by atoms with Crippen molar-refractivity contribution < 1.29 is 9.18 Å². The van der Waals surface area contributed by atoms with Gasteiger partial charge in [0.1, 0.15) is 16.5 Å². The zero-order valence-electron chi connectivity index (χ0n) is 9.82. The van der Waals surface area contributed by atoms with Gasteiger partial charge in [-0.05, 0) is 17.7 Å². The molecule has 4 nitrogen and oxygen atoms in total. The van der Waals surface area contributed by atoms with Crippen LogP contribution in [0.3, 0.4) is 0 Å². The van der Waals surface area contributed by atoms with Crippen molar-refractivity contribution >= 4 is 28.8 Å². The van der Waals surface area contributed by atoms with Crippen LogP contribution in [0.2, 0.25) is 5.02 Å². The molecule has 1 aromatic carbocycles. The molecule has 1 aromatic heterocycles. The van der Waals surface area contributed by atoms with Gasteiger partial charge in [-0.25, -0.2) is 9.37 Å². The SMILES string of the molecule is NCc1nc(C(=O)NCc2ccc(F)c(Cl)c2)cs1. The fraction of sp³-hybridized carbons (Fsp3) is 0.167. The third-order valence-electron chi connectivity index (χ3n) is 2.40. The lowest BCUT2D eigenvalue weighted by Gasteiger charge is -2.04. The Labute approximate surface area is 118 Å². The fourth-order valence-electron chi connectivity index (χ4n) is 1.43. The minimum Gasteiger partial charge on any atom is -0.347 e. The number of benzene rings is 1. The Hall–Kier alpha value is -1.50. The lowest BCUT2D eigenvalue weighted by atomic mass is 10.2. The Bertz CT molecular complexity index is 602. The molecule has 100 valence electrons. The summed E-state index contributed by atoms with van der Waals surface area (Å²) in [6.45, 7) is 0.569. The van der Waals surface area contributed by atoms with E-state index in [-0.39, 0.29) is 17.5 Å². The summed E-state index contributed by atoms with van der Waals surface area (Å²) < 4.78 is 13.0. The Kier molecular flexibility index (Phi) is 4.47. The highest BCUT2D eigenvalue weighted by molar-refractivity contribution is 7.09. The van der Waals surface area contributed by atoms with Gasteiger partial charge in [-0.2, -0.15) is 0 Å². The van der Waals surface area contributed by atoms with Crippen molar-refractivity contribution in [2.75, 3.05) is 0 Å². The van der Waals surface area contributed by atoms with Gasteiger partial charge in [-0.3, -0.25) is 4.79 Å². The van der Waals surface area contributed by atoms with Crippen molar-refractivity contribution in [1.82, 2.24) is 10.3 Å². The van der Waals surface area contributed by atoms with Crippen molar-refractivity contribution in [2.45, 2.75) is 13.1 Å². The van der Waals surface area contributed by atoms with Crippen LogP contribution in [0, 0.1) is 5.82 Å². The van der Waals surface area contributed by atoms with Gasteiger partial charge in [0.2, 0.25) is 0 Å². The highest BCUT2D eigenvalue weighted by atomic mass is 35.5. The first kappa shape index (κ1) is 13.9. The number of nitrogens with zero attached hydrogens (tertiary/aromatic N) is 1. The highest BCUT2D eigenvalue weighted by Gasteiger charge is 2.10. The third kappa shape index (κ3) is 3.50.